The Hall–Kier alpha value is -3.46. The lowest BCUT2D eigenvalue weighted by atomic mass is 10.0. The Balaban J connectivity index is 1.76. The van der Waals surface area contributed by atoms with Gasteiger partial charge in [-0.1, -0.05) is 24.3 Å². The highest BCUT2D eigenvalue weighted by atomic mass is 16.7. The van der Waals surface area contributed by atoms with Crippen molar-refractivity contribution in [1.82, 2.24) is 25.5 Å². The predicted molar refractivity (Wildman–Crippen MR) is 108 cm³/mol. The summed E-state index contributed by atoms with van der Waals surface area (Å²) in [6.45, 7) is 6.29. The van der Waals surface area contributed by atoms with Gasteiger partial charge >= 0.3 is 5.97 Å². The van der Waals surface area contributed by atoms with E-state index in [0.717, 1.165) is 22.4 Å². The summed E-state index contributed by atoms with van der Waals surface area (Å²) >= 11 is 0. The van der Waals surface area contributed by atoms with Gasteiger partial charge in [-0.2, -0.15) is 4.68 Å². The maximum absolute atomic E-state index is 12.0. The van der Waals surface area contributed by atoms with Crippen molar-refractivity contribution in [1.29, 1.82) is 0 Å². The van der Waals surface area contributed by atoms with Crippen LogP contribution in [0.25, 0.3) is 5.69 Å². The van der Waals surface area contributed by atoms with Crippen molar-refractivity contribution < 1.29 is 19.0 Å². The number of benzene rings is 2. The first-order valence-corrected chi connectivity index (χ1v) is 9.72. The van der Waals surface area contributed by atoms with E-state index in [2.05, 4.69) is 20.8 Å². The third kappa shape index (κ3) is 3.84. The molecule has 2 heterocycles. The van der Waals surface area contributed by atoms with Crippen LogP contribution in [-0.2, 0) is 9.53 Å². The number of aryl methyl sites for hydroxylation is 2. The van der Waals surface area contributed by atoms with Gasteiger partial charge in [0.15, 0.2) is 17.3 Å². The molecule has 2 aromatic carbocycles. The van der Waals surface area contributed by atoms with Crippen molar-refractivity contribution in [2.75, 3.05) is 19.9 Å². The predicted octanol–water partition coefficient (Wildman–Crippen LogP) is 2.25. The SMILES string of the molecule is CCOC(=O)CN[C@H](c1ccc2c(c1)OCO2)c1nnnn1-c1c(C)cccc1C. The van der Waals surface area contributed by atoms with Gasteiger partial charge in [-0.05, 0) is 60.0 Å². The molecule has 0 aliphatic carbocycles. The third-order valence-electron chi connectivity index (χ3n) is 4.89. The Bertz CT molecular complexity index is 1050. The van der Waals surface area contributed by atoms with E-state index >= 15 is 0 Å². The van der Waals surface area contributed by atoms with Crippen molar-refractivity contribution in [3.8, 4) is 17.2 Å². The summed E-state index contributed by atoms with van der Waals surface area (Å²) in [4.78, 5) is 12.0. The highest BCUT2D eigenvalue weighted by Gasteiger charge is 2.26. The Morgan fingerprint density at radius 2 is 1.97 bits per heavy atom. The third-order valence-corrected chi connectivity index (χ3v) is 4.89. The molecular formula is C21H23N5O4. The zero-order valence-corrected chi connectivity index (χ0v) is 17.1. The van der Waals surface area contributed by atoms with Crippen molar-refractivity contribution in [3.63, 3.8) is 0 Å². The molecule has 30 heavy (non-hydrogen) atoms. The molecule has 0 saturated carbocycles. The quantitative estimate of drug-likeness (QED) is 0.593. The van der Waals surface area contributed by atoms with Crippen LogP contribution < -0.4 is 14.8 Å². The largest absolute Gasteiger partial charge is 0.465 e. The lowest BCUT2D eigenvalue weighted by Gasteiger charge is -2.20. The highest BCUT2D eigenvalue weighted by molar-refractivity contribution is 5.71. The number of esters is 1. The van der Waals surface area contributed by atoms with Crippen LogP contribution in [0.5, 0.6) is 11.5 Å². The minimum Gasteiger partial charge on any atom is -0.465 e. The Kier molecular flexibility index (Phi) is 5.62. The average Bonchev–Trinajstić information content (AvgIpc) is 3.38. The van der Waals surface area contributed by atoms with Crippen LogP contribution >= 0.6 is 0 Å². The van der Waals surface area contributed by atoms with E-state index in [0.29, 0.717) is 23.9 Å². The fourth-order valence-corrected chi connectivity index (χ4v) is 3.52. The van der Waals surface area contributed by atoms with E-state index in [1.54, 1.807) is 11.6 Å². The molecule has 0 saturated heterocycles. The molecule has 0 fully saturated rings. The average molecular weight is 409 g/mol. The Morgan fingerprint density at radius 3 is 2.73 bits per heavy atom. The van der Waals surface area contributed by atoms with Gasteiger partial charge < -0.3 is 14.2 Å². The van der Waals surface area contributed by atoms with Crippen molar-refractivity contribution in [2.24, 2.45) is 0 Å². The first-order valence-electron chi connectivity index (χ1n) is 9.72. The normalized spacial score (nSPS) is 13.3. The van der Waals surface area contributed by atoms with Gasteiger partial charge in [0.2, 0.25) is 6.79 Å². The second-order valence-corrected chi connectivity index (χ2v) is 6.92. The molecule has 3 aromatic rings. The number of carbonyl (C=O) groups excluding carboxylic acids is 1. The van der Waals surface area contributed by atoms with E-state index in [4.69, 9.17) is 14.2 Å². The summed E-state index contributed by atoms with van der Waals surface area (Å²) in [7, 11) is 0. The first-order chi connectivity index (χ1) is 14.6. The number of nitrogens with one attached hydrogen (secondary N) is 1. The summed E-state index contributed by atoms with van der Waals surface area (Å²) in [6, 6.07) is 11.1. The molecule has 0 radical (unpaired) electrons. The molecule has 1 N–H and O–H groups in total. The smallest absolute Gasteiger partial charge is 0.319 e. The van der Waals surface area contributed by atoms with Crippen LogP contribution in [0.15, 0.2) is 36.4 Å². The molecule has 1 aliphatic heterocycles. The van der Waals surface area contributed by atoms with Gasteiger partial charge in [0.1, 0.15) is 0 Å². The van der Waals surface area contributed by atoms with E-state index in [9.17, 15) is 4.79 Å². The second-order valence-electron chi connectivity index (χ2n) is 6.92. The van der Waals surface area contributed by atoms with Crippen molar-refractivity contribution >= 4 is 5.97 Å². The van der Waals surface area contributed by atoms with Gasteiger partial charge in [-0.25, -0.2) is 0 Å². The van der Waals surface area contributed by atoms with Crippen LogP contribution in [0, 0.1) is 13.8 Å². The van der Waals surface area contributed by atoms with Gasteiger partial charge in [0.25, 0.3) is 0 Å². The minimum absolute atomic E-state index is 0.00651. The molecule has 0 unspecified atom stereocenters. The lowest BCUT2D eigenvalue weighted by molar-refractivity contribution is -0.142. The van der Waals surface area contributed by atoms with Crippen molar-refractivity contribution in [3.05, 3.63) is 58.9 Å². The van der Waals surface area contributed by atoms with Gasteiger partial charge in [0.05, 0.1) is 24.9 Å². The molecular weight excluding hydrogens is 386 g/mol. The summed E-state index contributed by atoms with van der Waals surface area (Å²) in [5.74, 6) is 1.52. The van der Waals surface area contributed by atoms with E-state index < -0.39 is 6.04 Å². The number of aromatic nitrogens is 4. The number of rotatable bonds is 7. The summed E-state index contributed by atoms with van der Waals surface area (Å²) in [5, 5.41) is 15.7. The van der Waals surface area contributed by atoms with E-state index in [-0.39, 0.29) is 19.3 Å². The fourth-order valence-electron chi connectivity index (χ4n) is 3.52. The van der Waals surface area contributed by atoms with Crippen LogP contribution in [0.1, 0.15) is 35.5 Å². The van der Waals surface area contributed by atoms with Gasteiger partial charge in [-0.15, -0.1) is 5.10 Å². The Labute approximate surface area is 173 Å². The number of carbonyl (C=O) groups is 1. The zero-order valence-electron chi connectivity index (χ0n) is 17.1. The molecule has 0 amide bonds. The molecule has 9 heteroatoms. The van der Waals surface area contributed by atoms with Crippen LogP contribution in [0.4, 0.5) is 0 Å². The van der Waals surface area contributed by atoms with Gasteiger partial charge in [-0.3, -0.25) is 10.1 Å². The number of hydrogen-bond donors (Lipinski definition) is 1. The molecule has 0 spiro atoms. The topological polar surface area (TPSA) is 100 Å². The molecule has 1 aliphatic rings. The molecule has 4 rings (SSSR count). The number of tetrazole rings is 1. The zero-order chi connectivity index (χ0) is 21.1. The monoisotopic (exact) mass is 409 g/mol. The number of para-hydroxylation sites is 1. The van der Waals surface area contributed by atoms with Crippen molar-refractivity contribution in [2.45, 2.75) is 26.8 Å². The summed E-state index contributed by atoms with van der Waals surface area (Å²) in [5.41, 5.74) is 3.82. The fraction of sp³-hybridized carbons (Fsp3) is 0.333. The van der Waals surface area contributed by atoms with Crippen LogP contribution in [0.2, 0.25) is 0 Å². The number of ether oxygens (including phenoxy) is 3. The first kappa shape index (κ1) is 19.8. The number of fused-ring (bicyclic) bond motifs is 1. The maximum Gasteiger partial charge on any atom is 0.319 e. The molecule has 0 bridgehead atoms. The van der Waals surface area contributed by atoms with Crippen LogP contribution in [0.3, 0.4) is 0 Å². The van der Waals surface area contributed by atoms with Crippen LogP contribution in [-0.4, -0.2) is 46.1 Å². The Morgan fingerprint density at radius 1 is 1.20 bits per heavy atom. The second kappa shape index (κ2) is 8.50. The molecule has 1 atom stereocenters. The standard InChI is InChI=1S/C21H23N5O4/c1-4-28-18(27)11-22-19(15-8-9-16-17(10-15)30-12-29-16)21-23-24-25-26(21)20-13(2)6-5-7-14(20)3/h5-10,19,22H,4,11-12H2,1-3H3/t19-/m1/s1. The molecule has 9 nitrogen and oxygen atoms in total. The lowest BCUT2D eigenvalue weighted by Crippen LogP contribution is -2.31. The van der Waals surface area contributed by atoms with Gasteiger partial charge in [0, 0.05) is 0 Å². The molecule has 156 valence electrons. The maximum atomic E-state index is 12.0. The van der Waals surface area contributed by atoms with E-state index in [1.807, 2.05) is 50.2 Å². The summed E-state index contributed by atoms with van der Waals surface area (Å²) < 4.78 is 17.7. The molecule has 1 aromatic heterocycles. The minimum atomic E-state index is -0.474. The van der Waals surface area contributed by atoms with E-state index in [1.165, 1.54) is 0 Å². The highest BCUT2D eigenvalue weighted by Crippen LogP contribution is 2.35. The number of nitrogens with zero attached hydrogens (tertiary/aromatic N) is 4. The number of hydrogen-bond acceptors (Lipinski definition) is 8. The summed E-state index contributed by atoms with van der Waals surface area (Å²) in [6.07, 6.45) is 0.